The van der Waals surface area contributed by atoms with E-state index in [0.717, 1.165) is 0 Å². The van der Waals surface area contributed by atoms with Gasteiger partial charge in [-0.15, -0.1) is 0 Å². The van der Waals surface area contributed by atoms with Crippen molar-refractivity contribution in [1.29, 1.82) is 0 Å². The highest BCUT2D eigenvalue weighted by Gasteiger charge is 2.40. The fourth-order valence-corrected chi connectivity index (χ4v) is 1.10. The molecule has 1 aromatic rings. The molecule has 0 aliphatic heterocycles. The summed E-state index contributed by atoms with van der Waals surface area (Å²) in [7, 11) is 0. The lowest BCUT2D eigenvalue weighted by molar-refractivity contribution is -0.132. The third-order valence-corrected chi connectivity index (χ3v) is 3.22. The van der Waals surface area contributed by atoms with Crippen molar-refractivity contribution in [2.75, 3.05) is 6.54 Å². The van der Waals surface area contributed by atoms with Crippen LogP contribution in [0.1, 0.15) is 33.5 Å². The molecule has 0 spiro atoms. The minimum Gasteiger partial charge on any atom is -0.355 e. The predicted molar refractivity (Wildman–Crippen MR) is 63.1 cm³/mol. The van der Waals surface area contributed by atoms with Gasteiger partial charge in [-0.05, 0) is 27.7 Å². The molecule has 3 N–H and O–H groups in total. The van der Waals surface area contributed by atoms with E-state index in [0.29, 0.717) is 18.8 Å². The Morgan fingerprint density at radius 2 is 2.12 bits per heavy atom. The smallest absolute Gasteiger partial charge is 0.227 e. The summed E-state index contributed by atoms with van der Waals surface area (Å²) in [6, 6.07) is 0. The van der Waals surface area contributed by atoms with Crippen LogP contribution in [0.3, 0.4) is 0 Å². The van der Waals surface area contributed by atoms with Crippen molar-refractivity contribution < 1.29 is 9.32 Å². The summed E-state index contributed by atoms with van der Waals surface area (Å²) in [5.41, 5.74) is 4.77. The zero-order valence-corrected chi connectivity index (χ0v) is 10.8. The van der Waals surface area contributed by atoms with Gasteiger partial charge in [-0.1, -0.05) is 5.16 Å². The van der Waals surface area contributed by atoms with Crippen LogP contribution in [0, 0.1) is 5.41 Å². The third-order valence-electron chi connectivity index (χ3n) is 3.22. The van der Waals surface area contributed by atoms with E-state index in [2.05, 4.69) is 20.0 Å². The fourth-order valence-electron chi connectivity index (χ4n) is 1.10. The van der Waals surface area contributed by atoms with Crippen LogP contribution in [0.15, 0.2) is 10.9 Å². The number of aromatic nitrogens is 2. The van der Waals surface area contributed by atoms with Gasteiger partial charge in [-0.3, -0.25) is 4.79 Å². The van der Waals surface area contributed by atoms with Gasteiger partial charge in [0.1, 0.15) is 0 Å². The van der Waals surface area contributed by atoms with Crippen LogP contribution >= 0.6 is 0 Å². The van der Waals surface area contributed by atoms with Crippen LogP contribution in [-0.4, -0.2) is 28.1 Å². The van der Waals surface area contributed by atoms with E-state index in [-0.39, 0.29) is 5.91 Å². The van der Waals surface area contributed by atoms with Crippen LogP contribution in [0.4, 0.5) is 0 Å². The highest BCUT2D eigenvalue weighted by Crippen LogP contribution is 2.28. The maximum Gasteiger partial charge on any atom is 0.227 e. The van der Waals surface area contributed by atoms with Gasteiger partial charge in [0.05, 0.1) is 5.41 Å². The number of nitrogens with one attached hydrogen (secondary N) is 1. The fraction of sp³-hybridized carbons (Fsp3) is 0.727. The average molecular weight is 240 g/mol. The Balaban J connectivity index is 2.45. The van der Waals surface area contributed by atoms with Crippen LogP contribution < -0.4 is 11.1 Å². The molecule has 0 aromatic carbocycles. The van der Waals surface area contributed by atoms with Gasteiger partial charge in [0.25, 0.3) is 0 Å². The van der Waals surface area contributed by atoms with Crippen LogP contribution in [0.5, 0.6) is 0 Å². The number of nitrogens with two attached hydrogens (primary N) is 1. The van der Waals surface area contributed by atoms with E-state index in [1.54, 1.807) is 0 Å². The molecule has 96 valence electrons. The molecule has 1 aromatic heterocycles. The largest absolute Gasteiger partial charge is 0.355 e. The van der Waals surface area contributed by atoms with Gasteiger partial charge in [-0.2, -0.15) is 4.98 Å². The number of amides is 1. The van der Waals surface area contributed by atoms with Crippen molar-refractivity contribution in [3.05, 3.63) is 12.2 Å². The lowest BCUT2D eigenvalue weighted by Crippen LogP contribution is -2.55. The molecular weight excluding hydrogens is 220 g/mol. The number of hydrogen-bond acceptors (Lipinski definition) is 5. The van der Waals surface area contributed by atoms with E-state index >= 15 is 0 Å². The first-order valence-electron chi connectivity index (χ1n) is 5.57. The van der Waals surface area contributed by atoms with Crippen molar-refractivity contribution in [1.82, 2.24) is 15.5 Å². The van der Waals surface area contributed by atoms with Gasteiger partial charge in [-0.25, -0.2) is 0 Å². The minimum atomic E-state index is -0.635. The van der Waals surface area contributed by atoms with E-state index in [1.807, 2.05) is 27.7 Å². The second kappa shape index (κ2) is 4.83. The first-order chi connectivity index (χ1) is 7.75. The molecular formula is C11H20N4O2. The molecule has 6 heteroatoms. The number of nitrogens with zero attached hydrogens (tertiary/aromatic N) is 2. The summed E-state index contributed by atoms with van der Waals surface area (Å²) in [6.45, 7) is 7.81. The zero-order chi connectivity index (χ0) is 13.1. The first kappa shape index (κ1) is 13.6. The maximum atomic E-state index is 12.0. The van der Waals surface area contributed by atoms with Crippen molar-refractivity contribution >= 4 is 5.91 Å². The molecule has 6 nitrogen and oxygen atoms in total. The van der Waals surface area contributed by atoms with Crippen LogP contribution in [0.2, 0.25) is 0 Å². The lowest BCUT2D eigenvalue weighted by atomic mass is 9.74. The molecule has 1 rings (SSSR count). The number of rotatable bonds is 5. The first-order valence-corrected chi connectivity index (χ1v) is 5.57. The number of carbonyl (C=O) groups is 1. The average Bonchev–Trinajstić information content (AvgIpc) is 2.68. The summed E-state index contributed by atoms with van der Waals surface area (Å²) < 4.78 is 4.60. The molecule has 0 radical (unpaired) electrons. The van der Waals surface area contributed by atoms with Gasteiger partial charge < -0.3 is 15.6 Å². The standard InChI is InChI=1S/C11H20N4O2/c1-10(2,11(3,4)12)9(16)13-6-5-8-14-7-17-15-8/h7H,5-6,12H2,1-4H3,(H,13,16). The van der Waals surface area contributed by atoms with Crippen molar-refractivity contribution in [3.8, 4) is 0 Å². The summed E-state index contributed by atoms with van der Waals surface area (Å²) in [5.74, 6) is 0.503. The number of hydrogen-bond donors (Lipinski definition) is 2. The monoisotopic (exact) mass is 240 g/mol. The highest BCUT2D eigenvalue weighted by molar-refractivity contribution is 5.83. The van der Waals surface area contributed by atoms with E-state index < -0.39 is 11.0 Å². The number of carbonyl (C=O) groups excluding carboxylic acids is 1. The van der Waals surface area contributed by atoms with Gasteiger partial charge >= 0.3 is 0 Å². The molecule has 0 atom stereocenters. The second-order valence-electron chi connectivity index (χ2n) is 5.20. The van der Waals surface area contributed by atoms with Crippen molar-refractivity contribution in [3.63, 3.8) is 0 Å². The quantitative estimate of drug-likeness (QED) is 0.781. The maximum absolute atomic E-state index is 12.0. The van der Waals surface area contributed by atoms with E-state index in [9.17, 15) is 4.79 Å². The second-order valence-corrected chi connectivity index (χ2v) is 5.20. The Bertz CT molecular complexity index is 365. The van der Waals surface area contributed by atoms with E-state index in [1.165, 1.54) is 6.39 Å². The van der Waals surface area contributed by atoms with Crippen LogP contribution in [0.25, 0.3) is 0 Å². The molecule has 1 heterocycles. The zero-order valence-electron chi connectivity index (χ0n) is 10.8. The lowest BCUT2D eigenvalue weighted by Gasteiger charge is -2.36. The Kier molecular flexibility index (Phi) is 3.87. The molecule has 0 fully saturated rings. The van der Waals surface area contributed by atoms with Gasteiger partial charge in [0.15, 0.2) is 5.82 Å². The Labute approximate surface area is 101 Å². The SMILES string of the molecule is CC(C)(N)C(C)(C)C(=O)NCCc1ncon1. The van der Waals surface area contributed by atoms with Crippen LogP contribution in [-0.2, 0) is 11.2 Å². The van der Waals surface area contributed by atoms with E-state index in [4.69, 9.17) is 5.73 Å². The molecule has 0 saturated heterocycles. The molecule has 0 unspecified atom stereocenters. The van der Waals surface area contributed by atoms with Crippen molar-refractivity contribution in [2.45, 2.75) is 39.7 Å². The Morgan fingerprint density at radius 1 is 1.47 bits per heavy atom. The normalized spacial score (nSPS) is 12.5. The summed E-state index contributed by atoms with van der Waals surface area (Å²) >= 11 is 0. The summed E-state index contributed by atoms with van der Waals surface area (Å²) in [6.07, 6.45) is 1.81. The molecule has 0 aliphatic carbocycles. The molecule has 0 aliphatic rings. The predicted octanol–water partition coefficient (Wildman–Crippen LogP) is 0.492. The molecule has 0 bridgehead atoms. The molecule has 0 saturated carbocycles. The van der Waals surface area contributed by atoms with Gasteiger partial charge in [0, 0.05) is 18.5 Å². The van der Waals surface area contributed by atoms with Crippen molar-refractivity contribution in [2.24, 2.45) is 11.1 Å². The molecule has 1 amide bonds. The minimum absolute atomic E-state index is 0.0755. The topological polar surface area (TPSA) is 94.0 Å². The highest BCUT2D eigenvalue weighted by atomic mass is 16.5. The Morgan fingerprint density at radius 3 is 2.59 bits per heavy atom. The summed E-state index contributed by atoms with van der Waals surface area (Å²) in [4.78, 5) is 15.9. The Hall–Kier alpha value is -1.43. The third kappa shape index (κ3) is 3.26. The molecule has 17 heavy (non-hydrogen) atoms. The van der Waals surface area contributed by atoms with Gasteiger partial charge in [0.2, 0.25) is 12.3 Å². The summed E-state index contributed by atoms with van der Waals surface area (Å²) in [5, 5.41) is 6.49.